The maximum Gasteiger partial charge on any atom is 0.156 e. The number of ketones is 1. The number of nitrogens with one attached hydrogen (secondary N) is 1. The van der Waals surface area contributed by atoms with Gasteiger partial charge in [-0.05, 0) is 36.4 Å². The first kappa shape index (κ1) is 14.0. The molecule has 2 rings (SSSR count). The topological polar surface area (TPSA) is 75.6 Å². The van der Waals surface area contributed by atoms with Gasteiger partial charge in [0.1, 0.15) is 10.5 Å². The van der Waals surface area contributed by atoms with Crippen LogP contribution in [0.5, 0.6) is 5.75 Å². The predicted molar refractivity (Wildman–Crippen MR) is 73.7 cm³/mol. The number of carbonyl (C=O) groups excluding carboxylic acids is 1. The Balaban J connectivity index is 2.59. The van der Waals surface area contributed by atoms with E-state index in [1.54, 1.807) is 36.3 Å². The second kappa shape index (κ2) is 4.96. The third kappa shape index (κ3) is 2.05. The molecule has 2 N–H and O–H groups in total. The minimum absolute atomic E-state index is 0.154. The monoisotopic (exact) mass is 283 g/mol. The lowest BCUT2D eigenvalue weighted by molar-refractivity contribution is -0.119. The van der Waals surface area contributed by atoms with Crippen LogP contribution in [0.1, 0.15) is 24.8 Å². The van der Waals surface area contributed by atoms with E-state index in [1.165, 1.54) is 0 Å². The number of carbonyl (C=O) groups is 1. The van der Waals surface area contributed by atoms with E-state index in [1.807, 2.05) is 0 Å². The maximum atomic E-state index is 12.5. The summed E-state index contributed by atoms with van der Waals surface area (Å²) in [4.78, 5) is 14.0. The average molecular weight is 283 g/mol. The molecule has 0 aromatic heterocycles. The van der Waals surface area contributed by atoms with E-state index in [0.29, 0.717) is 30.6 Å². The predicted octanol–water partition coefficient (Wildman–Crippen LogP) is 1.25. The third-order valence-corrected chi connectivity index (χ3v) is 5.74. The van der Waals surface area contributed by atoms with Crippen LogP contribution in [0, 0.1) is 0 Å². The van der Waals surface area contributed by atoms with E-state index >= 15 is 0 Å². The van der Waals surface area contributed by atoms with Gasteiger partial charge in [-0.3, -0.25) is 4.79 Å². The molecule has 1 aromatic rings. The summed E-state index contributed by atoms with van der Waals surface area (Å²) in [5.74, 6) is 4.02. The number of Topliss-reactive ketones (excluding diaryl/α,β-unsaturated/α-hetero) is 1. The van der Waals surface area contributed by atoms with Gasteiger partial charge < -0.3 is 9.94 Å². The Labute approximate surface area is 112 Å². The Morgan fingerprint density at radius 1 is 1.42 bits per heavy atom. The number of methoxy groups -OCH3 is 1. The normalized spacial score (nSPS) is 26.1. The number of hydrogen-bond acceptors (Lipinski definition) is 4. The van der Waals surface area contributed by atoms with Gasteiger partial charge in [-0.25, -0.2) is 4.21 Å². The standard InChI is InChI=1S/C13H17NO4S/c1-18-11-7-5-10(6-8-11)13(19(2,17)14-16)9-3-4-12(13)15/h5-8,16H,2-4,9H2,1H3,(H,14,17). The van der Waals surface area contributed by atoms with Crippen molar-refractivity contribution in [2.75, 3.05) is 7.11 Å². The lowest BCUT2D eigenvalue weighted by Crippen LogP contribution is -2.45. The molecule has 0 bridgehead atoms. The molecule has 0 aliphatic heterocycles. The molecule has 1 saturated carbocycles. The Kier molecular flexibility index (Phi) is 3.66. The Bertz CT molecular complexity index is 579. The zero-order chi connectivity index (χ0) is 14.1. The van der Waals surface area contributed by atoms with Gasteiger partial charge in [-0.1, -0.05) is 12.1 Å². The minimum Gasteiger partial charge on any atom is -0.497 e. The second-order valence-corrected chi connectivity index (χ2v) is 6.83. The lowest BCUT2D eigenvalue weighted by Gasteiger charge is -2.30. The van der Waals surface area contributed by atoms with Crippen molar-refractivity contribution in [1.82, 2.24) is 4.89 Å². The molecule has 1 aliphatic carbocycles. The fraction of sp³-hybridized carbons (Fsp3) is 0.385. The number of hydrogen-bond donors (Lipinski definition) is 2. The van der Waals surface area contributed by atoms with E-state index in [0.717, 1.165) is 0 Å². The fourth-order valence-corrected chi connectivity index (χ4v) is 4.24. The highest BCUT2D eigenvalue weighted by molar-refractivity contribution is 8.00. The molecule has 19 heavy (non-hydrogen) atoms. The van der Waals surface area contributed by atoms with Crippen molar-refractivity contribution in [3.8, 4) is 5.75 Å². The van der Waals surface area contributed by atoms with Crippen LogP contribution in [0.2, 0.25) is 0 Å². The fourth-order valence-electron chi connectivity index (χ4n) is 2.62. The lowest BCUT2D eigenvalue weighted by atomic mass is 9.95. The zero-order valence-corrected chi connectivity index (χ0v) is 11.5. The van der Waals surface area contributed by atoms with Crippen LogP contribution in [0.3, 0.4) is 0 Å². The summed E-state index contributed by atoms with van der Waals surface area (Å²) >= 11 is 0. The Morgan fingerprint density at radius 3 is 2.47 bits per heavy atom. The van der Waals surface area contributed by atoms with Crippen LogP contribution in [0.15, 0.2) is 24.3 Å². The smallest absolute Gasteiger partial charge is 0.156 e. The molecule has 1 fully saturated rings. The van der Waals surface area contributed by atoms with Crippen molar-refractivity contribution in [1.29, 1.82) is 0 Å². The van der Waals surface area contributed by atoms with Crippen LogP contribution in [0.25, 0.3) is 0 Å². The van der Waals surface area contributed by atoms with Gasteiger partial charge in [0.15, 0.2) is 5.78 Å². The average Bonchev–Trinajstić information content (AvgIpc) is 2.82. The maximum absolute atomic E-state index is 12.5. The van der Waals surface area contributed by atoms with Crippen molar-refractivity contribution in [2.45, 2.75) is 24.0 Å². The van der Waals surface area contributed by atoms with Crippen molar-refractivity contribution in [3.63, 3.8) is 0 Å². The summed E-state index contributed by atoms with van der Waals surface area (Å²) < 4.78 is 16.3. The van der Waals surface area contributed by atoms with Crippen LogP contribution in [-0.4, -0.2) is 28.2 Å². The molecule has 5 nitrogen and oxygen atoms in total. The van der Waals surface area contributed by atoms with Crippen LogP contribution in [0.4, 0.5) is 0 Å². The molecule has 2 atom stereocenters. The van der Waals surface area contributed by atoms with Crippen LogP contribution < -0.4 is 9.62 Å². The van der Waals surface area contributed by atoms with Crippen LogP contribution >= 0.6 is 0 Å². The number of ether oxygens (including phenoxy) is 1. The van der Waals surface area contributed by atoms with Gasteiger partial charge in [0.05, 0.1) is 16.8 Å². The van der Waals surface area contributed by atoms with Crippen molar-refractivity contribution in [2.24, 2.45) is 0 Å². The first-order valence-corrected chi connectivity index (χ1v) is 7.66. The van der Waals surface area contributed by atoms with E-state index in [2.05, 4.69) is 5.87 Å². The highest BCUT2D eigenvalue weighted by Gasteiger charge is 2.50. The molecule has 2 unspecified atom stereocenters. The molecule has 0 spiro atoms. The molecule has 104 valence electrons. The summed E-state index contributed by atoms with van der Waals surface area (Å²) in [6.45, 7) is 0. The van der Waals surface area contributed by atoms with E-state index < -0.39 is 14.5 Å². The minimum atomic E-state index is -3.17. The number of benzene rings is 1. The first-order chi connectivity index (χ1) is 8.98. The van der Waals surface area contributed by atoms with Crippen molar-refractivity contribution < 1.29 is 18.9 Å². The van der Waals surface area contributed by atoms with E-state index in [4.69, 9.17) is 9.94 Å². The molecule has 0 saturated heterocycles. The molecule has 6 heteroatoms. The highest BCUT2D eigenvalue weighted by Crippen LogP contribution is 2.42. The molecule has 1 aromatic carbocycles. The summed E-state index contributed by atoms with van der Waals surface area (Å²) in [5.41, 5.74) is 0.595. The molecular formula is C13H17NO4S. The summed E-state index contributed by atoms with van der Waals surface area (Å²) in [7, 11) is -1.62. The molecular weight excluding hydrogens is 266 g/mol. The molecule has 0 amide bonds. The Hall–Kier alpha value is -1.37. The second-order valence-electron chi connectivity index (χ2n) is 4.60. The largest absolute Gasteiger partial charge is 0.497 e. The van der Waals surface area contributed by atoms with E-state index in [9.17, 15) is 9.00 Å². The van der Waals surface area contributed by atoms with Crippen LogP contribution in [-0.2, 0) is 19.2 Å². The van der Waals surface area contributed by atoms with E-state index in [-0.39, 0.29) is 5.78 Å². The summed E-state index contributed by atoms with van der Waals surface area (Å²) in [6, 6.07) is 6.81. The van der Waals surface area contributed by atoms with Gasteiger partial charge in [-0.15, -0.1) is 4.89 Å². The third-order valence-electron chi connectivity index (χ3n) is 3.65. The van der Waals surface area contributed by atoms with Crippen molar-refractivity contribution >= 4 is 21.4 Å². The SMILES string of the molecule is C=S(=O)(NO)C1(c2ccc(OC)cc2)CCCC1=O. The van der Waals surface area contributed by atoms with Gasteiger partial charge in [0.25, 0.3) is 0 Å². The first-order valence-electron chi connectivity index (χ1n) is 5.93. The van der Waals surface area contributed by atoms with Gasteiger partial charge >= 0.3 is 0 Å². The summed E-state index contributed by atoms with van der Waals surface area (Å²) in [5, 5.41) is 9.13. The zero-order valence-electron chi connectivity index (χ0n) is 10.7. The number of rotatable bonds is 4. The molecule has 1 aliphatic rings. The highest BCUT2D eigenvalue weighted by atomic mass is 32.2. The van der Waals surface area contributed by atoms with Gasteiger partial charge in [0.2, 0.25) is 0 Å². The molecule has 0 radical (unpaired) electrons. The summed E-state index contributed by atoms with van der Waals surface area (Å²) in [6.07, 6.45) is 1.40. The quantitative estimate of drug-likeness (QED) is 0.644. The van der Waals surface area contributed by atoms with Crippen molar-refractivity contribution in [3.05, 3.63) is 29.8 Å². The van der Waals surface area contributed by atoms with Gasteiger partial charge in [0, 0.05) is 6.42 Å². The Morgan fingerprint density at radius 2 is 2.05 bits per heavy atom. The molecule has 0 heterocycles. The van der Waals surface area contributed by atoms with Gasteiger partial charge in [-0.2, -0.15) is 0 Å².